The van der Waals surface area contributed by atoms with Crippen LogP contribution >= 0.6 is 9.24 Å². The number of imidazole rings is 2. The fourth-order valence-corrected chi connectivity index (χ4v) is 3.59. The van der Waals surface area contributed by atoms with Gasteiger partial charge in [-0.2, -0.15) is 0 Å². The average molecular weight is 603 g/mol. The van der Waals surface area contributed by atoms with Crippen molar-refractivity contribution < 1.29 is 9.53 Å². The fraction of sp³-hybridized carbons (Fsp3) is 0.382. The minimum absolute atomic E-state index is 0.259. The highest BCUT2D eigenvalue weighted by Gasteiger charge is 2.16. The summed E-state index contributed by atoms with van der Waals surface area (Å²) in [7, 11) is 2.42. The third-order valence-electron chi connectivity index (χ3n) is 5.74. The first-order valence-corrected chi connectivity index (χ1v) is 15.6. The van der Waals surface area contributed by atoms with Gasteiger partial charge < -0.3 is 25.3 Å². The van der Waals surface area contributed by atoms with E-state index in [1.54, 1.807) is 6.20 Å². The van der Waals surface area contributed by atoms with Crippen LogP contribution in [0, 0.1) is 24.7 Å². The molecule has 4 N–H and O–H groups in total. The number of amides is 1. The number of carbonyl (C=O) groups excluding carboxylic acids is 1. The molecule has 2 aromatic carbocycles. The Morgan fingerprint density at radius 2 is 1.63 bits per heavy atom. The summed E-state index contributed by atoms with van der Waals surface area (Å²) in [4.78, 5) is 27.5. The van der Waals surface area contributed by atoms with Gasteiger partial charge in [-0.3, -0.25) is 0 Å². The van der Waals surface area contributed by atoms with E-state index in [1.807, 2.05) is 83.7 Å². The highest BCUT2D eigenvalue weighted by molar-refractivity contribution is 7.15. The second-order valence-corrected chi connectivity index (χ2v) is 10.0. The number of ether oxygens (including phenoxy) is 1. The van der Waals surface area contributed by atoms with Crippen molar-refractivity contribution in [3.8, 4) is 35.9 Å². The Labute approximate surface area is 259 Å². The van der Waals surface area contributed by atoms with Crippen LogP contribution in [-0.2, 0) is 17.8 Å². The number of hydrogen-bond donors (Lipinski definition) is 4. The van der Waals surface area contributed by atoms with E-state index in [1.165, 1.54) is 0 Å². The fourth-order valence-electron chi connectivity index (χ4n) is 3.59. The summed E-state index contributed by atoms with van der Waals surface area (Å²) >= 11 is 0. The van der Waals surface area contributed by atoms with Gasteiger partial charge in [-0.25, -0.2) is 14.8 Å². The lowest BCUT2D eigenvalue weighted by Crippen LogP contribution is -2.32. The molecule has 0 bridgehead atoms. The van der Waals surface area contributed by atoms with Crippen molar-refractivity contribution in [3.05, 3.63) is 71.4 Å². The smallest absolute Gasteiger partial charge is 0.408 e. The van der Waals surface area contributed by atoms with E-state index >= 15 is 0 Å². The van der Waals surface area contributed by atoms with E-state index in [2.05, 4.69) is 78.3 Å². The maximum Gasteiger partial charge on any atom is 0.408 e. The number of fused-ring (bicyclic) bond motifs is 1. The van der Waals surface area contributed by atoms with Gasteiger partial charge in [-0.05, 0) is 70.0 Å². The maximum absolute atomic E-state index is 11.8. The van der Waals surface area contributed by atoms with Gasteiger partial charge in [0.25, 0.3) is 0 Å². The molecule has 0 fully saturated rings. The van der Waals surface area contributed by atoms with Crippen LogP contribution in [0.4, 0.5) is 4.79 Å². The average Bonchev–Trinajstić information content (AvgIpc) is 3.67. The molecule has 9 heteroatoms. The highest BCUT2D eigenvalue weighted by Crippen LogP contribution is 2.18. The van der Waals surface area contributed by atoms with Crippen LogP contribution in [0.1, 0.15) is 77.7 Å². The first kappa shape index (κ1) is 36.9. The zero-order valence-corrected chi connectivity index (χ0v) is 27.9. The number of nitrogens with zero attached hydrogens (tertiary/aromatic N) is 2. The molecule has 8 nitrogen and oxygen atoms in total. The van der Waals surface area contributed by atoms with Crippen LogP contribution < -0.4 is 10.6 Å². The van der Waals surface area contributed by atoms with E-state index in [9.17, 15) is 4.79 Å². The van der Waals surface area contributed by atoms with Gasteiger partial charge in [0.05, 0.1) is 36.0 Å². The number of nitrogens with one attached hydrogen (secondary N) is 4. The predicted molar refractivity (Wildman–Crippen MR) is 183 cm³/mol. The van der Waals surface area contributed by atoms with Crippen molar-refractivity contribution in [3.63, 3.8) is 0 Å². The maximum atomic E-state index is 11.8. The molecule has 0 aliphatic rings. The Balaban J connectivity index is 0.00000145. The molecule has 0 radical (unpaired) electrons. The molecule has 0 aliphatic carbocycles. The number of terminal acetylenes is 1. The number of carbonyl (C=O) groups is 1. The predicted octanol–water partition coefficient (Wildman–Crippen LogP) is 7.03. The Morgan fingerprint density at radius 1 is 1.00 bits per heavy atom. The lowest BCUT2D eigenvalue weighted by atomic mass is 10.1. The molecule has 4 rings (SSSR count). The standard InChI is InChI=1S/C29H34N6O2.C2H6.C2H2.CH5P/c1-6-19(2)30-18-27-33-23-14-11-21(15-24(23)34-27)8-7-20-9-12-22(13-10-20)25-16-31-26(35-25)17-32-28(36)37-29(3,4)5;3*1-2/h9-16,19,30H,6,17-18H2,1-5H3,(H,31,35)(H,32,36)(H,33,34);1-2H3;1-2H;2H2,1H3. The number of H-pyrrole nitrogens is 2. The quantitative estimate of drug-likeness (QED) is 0.134. The summed E-state index contributed by atoms with van der Waals surface area (Å²) in [6.45, 7) is 16.7. The van der Waals surface area contributed by atoms with Gasteiger partial charge in [0.15, 0.2) is 0 Å². The third kappa shape index (κ3) is 12.7. The molecule has 2 aromatic heterocycles. The van der Waals surface area contributed by atoms with E-state index in [0.717, 1.165) is 52.2 Å². The summed E-state index contributed by atoms with van der Waals surface area (Å²) in [5.74, 6) is 8.05. The molecular formula is C34H47N6O2P. The number of rotatable bonds is 7. The van der Waals surface area contributed by atoms with Crippen molar-refractivity contribution in [1.29, 1.82) is 0 Å². The zero-order chi connectivity index (χ0) is 32.4. The Bertz CT molecular complexity index is 1470. The van der Waals surface area contributed by atoms with Gasteiger partial charge in [0.1, 0.15) is 17.2 Å². The molecule has 0 saturated carbocycles. The number of aromatic amines is 2. The Hall–Kier alpha value is -4.10. The van der Waals surface area contributed by atoms with Crippen molar-refractivity contribution >= 4 is 26.4 Å². The SMILES string of the molecule is C#C.CC.CCC(C)NCc1nc2ccc(C#Cc3ccc(-c4cnc(CNC(=O)OC(C)(C)C)[nH]4)cc3)cc2[nH]1.CP. The van der Waals surface area contributed by atoms with Gasteiger partial charge in [-0.15, -0.1) is 22.1 Å². The highest BCUT2D eigenvalue weighted by atomic mass is 31.0. The lowest BCUT2D eigenvalue weighted by molar-refractivity contribution is 0.0522. The molecule has 43 heavy (non-hydrogen) atoms. The molecule has 2 heterocycles. The number of hydrogen-bond acceptors (Lipinski definition) is 5. The third-order valence-corrected chi connectivity index (χ3v) is 5.74. The molecule has 2 atom stereocenters. The van der Waals surface area contributed by atoms with Crippen molar-refractivity contribution in [2.45, 2.75) is 79.6 Å². The van der Waals surface area contributed by atoms with Gasteiger partial charge in [-0.1, -0.05) is 51.4 Å². The second-order valence-electron chi connectivity index (χ2n) is 10.0. The first-order chi connectivity index (χ1) is 20.7. The van der Waals surface area contributed by atoms with E-state index in [4.69, 9.17) is 4.74 Å². The molecular weight excluding hydrogens is 555 g/mol. The summed E-state index contributed by atoms with van der Waals surface area (Å²) in [6.07, 6.45) is 10.4. The first-order valence-electron chi connectivity index (χ1n) is 14.4. The molecule has 230 valence electrons. The van der Waals surface area contributed by atoms with Crippen molar-refractivity contribution in [1.82, 2.24) is 30.6 Å². The van der Waals surface area contributed by atoms with Crippen LogP contribution in [0.15, 0.2) is 48.7 Å². The van der Waals surface area contributed by atoms with Crippen LogP contribution in [0.3, 0.4) is 0 Å². The monoisotopic (exact) mass is 602 g/mol. The number of alkyl carbamates (subject to hydrolysis) is 1. The van der Waals surface area contributed by atoms with Gasteiger partial charge >= 0.3 is 6.09 Å². The Kier molecular flexibility index (Phi) is 16.5. The topological polar surface area (TPSA) is 108 Å². The number of aromatic nitrogens is 4. The number of benzene rings is 2. The molecule has 4 aromatic rings. The van der Waals surface area contributed by atoms with Gasteiger partial charge in [0.2, 0.25) is 0 Å². The summed E-state index contributed by atoms with van der Waals surface area (Å²) in [5, 5.41) is 6.16. The Morgan fingerprint density at radius 3 is 2.26 bits per heavy atom. The van der Waals surface area contributed by atoms with E-state index in [0.29, 0.717) is 11.9 Å². The van der Waals surface area contributed by atoms with Crippen LogP contribution in [0.2, 0.25) is 0 Å². The summed E-state index contributed by atoms with van der Waals surface area (Å²) in [5.41, 5.74) is 5.08. The minimum Gasteiger partial charge on any atom is -0.444 e. The molecule has 1 amide bonds. The molecule has 2 unspecified atom stereocenters. The van der Waals surface area contributed by atoms with E-state index < -0.39 is 11.7 Å². The van der Waals surface area contributed by atoms with Gasteiger partial charge in [0, 0.05) is 17.2 Å². The molecule has 0 aliphatic heterocycles. The molecule has 0 spiro atoms. The van der Waals surface area contributed by atoms with E-state index in [-0.39, 0.29) is 6.54 Å². The summed E-state index contributed by atoms with van der Waals surface area (Å²) in [6, 6.07) is 14.4. The van der Waals surface area contributed by atoms with Crippen LogP contribution in [0.5, 0.6) is 0 Å². The largest absolute Gasteiger partial charge is 0.444 e. The lowest BCUT2D eigenvalue weighted by Gasteiger charge is -2.19. The van der Waals surface area contributed by atoms with Crippen LogP contribution in [-0.4, -0.2) is 44.3 Å². The normalized spacial score (nSPS) is 10.8. The minimum atomic E-state index is -0.539. The molecule has 0 saturated heterocycles. The second kappa shape index (κ2) is 19.2. The van der Waals surface area contributed by atoms with Crippen LogP contribution in [0.25, 0.3) is 22.3 Å². The zero-order valence-electron chi connectivity index (χ0n) is 26.8. The summed E-state index contributed by atoms with van der Waals surface area (Å²) < 4.78 is 5.25. The van der Waals surface area contributed by atoms with Crippen molar-refractivity contribution in [2.24, 2.45) is 0 Å². The van der Waals surface area contributed by atoms with Crippen molar-refractivity contribution in [2.75, 3.05) is 6.66 Å².